The second kappa shape index (κ2) is 9.78. The normalized spacial score (nSPS) is 22.3. The number of carboxylic acid groups (broad SMARTS) is 1. The van der Waals surface area contributed by atoms with Crippen molar-refractivity contribution in [1.82, 2.24) is 5.32 Å². The highest BCUT2D eigenvalue weighted by Gasteiger charge is 2.33. The molecule has 7 heteroatoms. The Kier molecular flexibility index (Phi) is 7.13. The summed E-state index contributed by atoms with van der Waals surface area (Å²) in [5, 5.41) is 20.1. The standard InChI is InChI=1S/C23H31N3O4/c1-14-12-19(20(22(28)29)13-15(14)2)21(27)24-17-8-10-18(11-9-17)26-23(30)25-16-6-4-3-5-7-16/h8-11,16,19-20H,3-7,12-13H2,1-2H3,(H,24,27)(H,28,29)(H2,25,26,30)/p-1/t19-,20-/m1/s1. The second-order valence-corrected chi connectivity index (χ2v) is 8.50. The minimum Gasteiger partial charge on any atom is -0.550 e. The van der Waals surface area contributed by atoms with Gasteiger partial charge in [-0.25, -0.2) is 4.79 Å². The van der Waals surface area contributed by atoms with E-state index in [1.54, 1.807) is 24.3 Å². The van der Waals surface area contributed by atoms with E-state index in [0.29, 0.717) is 24.2 Å². The molecule has 0 radical (unpaired) electrons. The van der Waals surface area contributed by atoms with Crippen LogP contribution in [-0.4, -0.2) is 23.9 Å². The van der Waals surface area contributed by atoms with E-state index in [-0.39, 0.29) is 18.0 Å². The number of nitrogens with one attached hydrogen (secondary N) is 3. The molecular weight excluding hydrogens is 382 g/mol. The van der Waals surface area contributed by atoms with Gasteiger partial charge in [0.25, 0.3) is 0 Å². The van der Waals surface area contributed by atoms with Crippen LogP contribution in [0.2, 0.25) is 0 Å². The van der Waals surface area contributed by atoms with Crippen molar-refractivity contribution in [2.45, 2.75) is 64.8 Å². The average Bonchev–Trinajstić information content (AvgIpc) is 2.71. The zero-order valence-corrected chi connectivity index (χ0v) is 17.6. The van der Waals surface area contributed by atoms with Gasteiger partial charge in [-0.15, -0.1) is 0 Å². The van der Waals surface area contributed by atoms with Gasteiger partial charge in [-0.05, 0) is 63.8 Å². The summed E-state index contributed by atoms with van der Waals surface area (Å²) in [5.74, 6) is -2.99. The summed E-state index contributed by atoms with van der Waals surface area (Å²) in [6, 6.07) is 6.81. The summed E-state index contributed by atoms with van der Waals surface area (Å²) in [7, 11) is 0. The molecule has 1 fully saturated rings. The molecule has 30 heavy (non-hydrogen) atoms. The quantitative estimate of drug-likeness (QED) is 0.645. The van der Waals surface area contributed by atoms with Gasteiger partial charge in [-0.3, -0.25) is 4.79 Å². The van der Waals surface area contributed by atoms with Crippen LogP contribution in [0.1, 0.15) is 58.8 Å². The van der Waals surface area contributed by atoms with Crippen molar-refractivity contribution in [2.75, 3.05) is 10.6 Å². The third-order valence-corrected chi connectivity index (χ3v) is 6.26. The van der Waals surface area contributed by atoms with Gasteiger partial charge in [0.05, 0.1) is 5.92 Å². The van der Waals surface area contributed by atoms with Gasteiger partial charge in [0, 0.05) is 29.3 Å². The fourth-order valence-corrected chi connectivity index (χ4v) is 4.29. The van der Waals surface area contributed by atoms with Crippen molar-refractivity contribution in [3.05, 3.63) is 35.4 Å². The van der Waals surface area contributed by atoms with E-state index in [1.165, 1.54) is 6.42 Å². The van der Waals surface area contributed by atoms with E-state index in [1.807, 2.05) is 13.8 Å². The average molecular weight is 413 g/mol. The van der Waals surface area contributed by atoms with E-state index in [0.717, 1.165) is 36.8 Å². The van der Waals surface area contributed by atoms with Gasteiger partial charge in [0.1, 0.15) is 0 Å². The second-order valence-electron chi connectivity index (χ2n) is 8.50. The Balaban J connectivity index is 1.56. The first-order valence-corrected chi connectivity index (χ1v) is 10.7. The molecule has 3 rings (SSSR count). The molecule has 1 aromatic carbocycles. The molecule has 0 heterocycles. The van der Waals surface area contributed by atoms with Gasteiger partial charge < -0.3 is 25.9 Å². The molecule has 7 nitrogen and oxygen atoms in total. The molecule has 0 bridgehead atoms. The summed E-state index contributed by atoms with van der Waals surface area (Å²) >= 11 is 0. The van der Waals surface area contributed by atoms with Gasteiger partial charge in [-0.1, -0.05) is 30.4 Å². The van der Waals surface area contributed by atoms with Crippen molar-refractivity contribution < 1.29 is 19.5 Å². The maximum Gasteiger partial charge on any atom is 0.319 e. The molecule has 3 amide bonds. The number of aliphatic carboxylic acids is 1. The SMILES string of the molecule is CC1=C(C)C[C@@H](C(=O)Nc2ccc(NC(=O)NC3CCCCC3)cc2)[C@H](C(=O)[O-])C1. The number of rotatable bonds is 5. The zero-order valence-electron chi connectivity index (χ0n) is 17.6. The predicted molar refractivity (Wildman–Crippen MR) is 114 cm³/mol. The third kappa shape index (κ3) is 5.62. The van der Waals surface area contributed by atoms with Crippen molar-refractivity contribution in [3.8, 4) is 0 Å². The monoisotopic (exact) mass is 412 g/mol. The molecule has 162 valence electrons. The molecule has 0 unspecified atom stereocenters. The third-order valence-electron chi connectivity index (χ3n) is 6.26. The van der Waals surface area contributed by atoms with Crippen LogP contribution in [0.3, 0.4) is 0 Å². The Morgan fingerprint density at radius 1 is 0.833 bits per heavy atom. The molecule has 0 aliphatic heterocycles. The van der Waals surface area contributed by atoms with E-state index in [2.05, 4.69) is 16.0 Å². The van der Waals surface area contributed by atoms with Gasteiger partial charge in [-0.2, -0.15) is 0 Å². The van der Waals surface area contributed by atoms with Gasteiger partial charge in [0.2, 0.25) is 5.91 Å². The zero-order chi connectivity index (χ0) is 21.7. The fraction of sp³-hybridized carbons (Fsp3) is 0.522. The maximum atomic E-state index is 12.7. The minimum absolute atomic E-state index is 0.227. The molecule has 0 aromatic heterocycles. The van der Waals surface area contributed by atoms with E-state index in [4.69, 9.17) is 0 Å². The highest BCUT2D eigenvalue weighted by molar-refractivity contribution is 5.96. The molecule has 0 saturated heterocycles. The molecule has 2 aliphatic rings. The Morgan fingerprint density at radius 3 is 1.93 bits per heavy atom. The number of hydrogen-bond acceptors (Lipinski definition) is 4. The smallest absolute Gasteiger partial charge is 0.319 e. The van der Waals surface area contributed by atoms with Crippen LogP contribution in [0, 0.1) is 11.8 Å². The fourth-order valence-electron chi connectivity index (χ4n) is 4.29. The van der Waals surface area contributed by atoms with Crippen LogP contribution in [-0.2, 0) is 9.59 Å². The number of amides is 3. The number of allylic oxidation sites excluding steroid dienone is 2. The molecule has 0 spiro atoms. The summed E-state index contributed by atoms with van der Waals surface area (Å²) in [6.45, 7) is 3.83. The van der Waals surface area contributed by atoms with Crippen LogP contribution in [0.4, 0.5) is 16.2 Å². The summed E-state index contributed by atoms with van der Waals surface area (Å²) in [4.78, 5) is 36.4. The van der Waals surface area contributed by atoms with Crippen molar-refractivity contribution >= 4 is 29.3 Å². The number of urea groups is 1. The van der Waals surface area contributed by atoms with Gasteiger partial charge >= 0.3 is 6.03 Å². The number of hydrogen-bond donors (Lipinski definition) is 3. The number of benzene rings is 1. The number of carbonyl (C=O) groups is 3. The molecule has 1 aromatic rings. The first kappa shape index (κ1) is 21.9. The van der Waals surface area contributed by atoms with Crippen LogP contribution >= 0.6 is 0 Å². The van der Waals surface area contributed by atoms with Crippen LogP contribution in [0.5, 0.6) is 0 Å². The predicted octanol–water partition coefficient (Wildman–Crippen LogP) is 3.19. The number of carboxylic acids is 1. The Labute approximate surface area is 177 Å². The first-order chi connectivity index (χ1) is 14.3. The van der Waals surface area contributed by atoms with Crippen molar-refractivity contribution in [1.29, 1.82) is 0 Å². The van der Waals surface area contributed by atoms with E-state index in [9.17, 15) is 19.5 Å². The Hall–Kier alpha value is -2.83. The Bertz CT molecular complexity index is 825. The van der Waals surface area contributed by atoms with Crippen molar-refractivity contribution in [3.63, 3.8) is 0 Å². The van der Waals surface area contributed by atoms with Gasteiger partial charge in [0.15, 0.2) is 0 Å². The lowest BCUT2D eigenvalue weighted by molar-refractivity contribution is -0.313. The molecule has 2 aliphatic carbocycles. The highest BCUT2D eigenvalue weighted by Crippen LogP contribution is 2.34. The summed E-state index contributed by atoms with van der Waals surface area (Å²) < 4.78 is 0. The molecule has 3 N–H and O–H groups in total. The lowest BCUT2D eigenvalue weighted by Gasteiger charge is -2.32. The summed E-state index contributed by atoms with van der Waals surface area (Å²) in [5.41, 5.74) is 3.24. The lowest BCUT2D eigenvalue weighted by Crippen LogP contribution is -2.42. The van der Waals surface area contributed by atoms with Crippen LogP contribution in [0.15, 0.2) is 35.4 Å². The topological polar surface area (TPSA) is 110 Å². The minimum atomic E-state index is -1.19. The van der Waals surface area contributed by atoms with Crippen LogP contribution < -0.4 is 21.1 Å². The number of carbonyl (C=O) groups excluding carboxylic acids is 3. The van der Waals surface area contributed by atoms with E-state index < -0.39 is 17.8 Å². The maximum absolute atomic E-state index is 12.7. The highest BCUT2D eigenvalue weighted by atomic mass is 16.4. The number of anilines is 2. The molecular formula is C23H30N3O4-. The largest absolute Gasteiger partial charge is 0.550 e. The van der Waals surface area contributed by atoms with E-state index >= 15 is 0 Å². The summed E-state index contributed by atoms with van der Waals surface area (Å²) in [6.07, 6.45) is 6.30. The molecule has 1 saturated carbocycles. The van der Waals surface area contributed by atoms with Crippen LogP contribution in [0.25, 0.3) is 0 Å². The van der Waals surface area contributed by atoms with Crippen molar-refractivity contribution in [2.24, 2.45) is 11.8 Å². The Morgan fingerprint density at radius 2 is 1.37 bits per heavy atom. The lowest BCUT2D eigenvalue weighted by atomic mass is 9.76. The first-order valence-electron chi connectivity index (χ1n) is 10.7. The molecule has 2 atom stereocenters.